The van der Waals surface area contributed by atoms with Crippen LogP contribution >= 0.6 is 0 Å². The maximum absolute atomic E-state index is 11.2. The molecule has 2 atom stereocenters. The normalized spacial score (nSPS) is 26.9. The Morgan fingerprint density at radius 1 is 1.44 bits per heavy atom. The second kappa shape index (κ2) is 6.11. The Morgan fingerprint density at radius 3 is 2.67 bits per heavy atom. The highest BCUT2D eigenvalue weighted by Gasteiger charge is 2.37. The Kier molecular flexibility index (Phi) is 5.04. The van der Waals surface area contributed by atoms with Gasteiger partial charge in [-0.15, -0.1) is 0 Å². The van der Waals surface area contributed by atoms with E-state index in [0.717, 1.165) is 0 Å². The molecule has 1 heterocycles. The van der Waals surface area contributed by atoms with Gasteiger partial charge in [-0.2, -0.15) is 0 Å². The van der Waals surface area contributed by atoms with E-state index in [1.807, 2.05) is 0 Å². The summed E-state index contributed by atoms with van der Waals surface area (Å²) in [6.45, 7) is 8.90. The first kappa shape index (κ1) is 14.9. The molecule has 0 spiro atoms. The van der Waals surface area contributed by atoms with Crippen molar-refractivity contribution in [3.63, 3.8) is 0 Å². The number of ether oxygens (including phenoxy) is 3. The lowest BCUT2D eigenvalue weighted by Gasteiger charge is -2.22. The third-order valence-corrected chi connectivity index (χ3v) is 2.67. The van der Waals surface area contributed by atoms with Gasteiger partial charge in [0.25, 0.3) is 0 Å². The van der Waals surface area contributed by atoms with Crippen molar-refractivity contribution in [3.8, 4) is 0 Å². The van der Waals surface area contributed by atoms with Crippen LogP contribution in [0.3, 0.4) is 0 Å². The summed E-state index contributed by atoms with van der Waals surface area (Å²) in [7, 11) is 0. The second-order valence-electron chi connectivity index (χ2n) is 4.77. The number of carbonyl (C=O) groups is 2. The van der Waals surface area contributed by atoms with Crippen LogP contribution in [-0.2, 0) is 23.8 Å². The molecule has 1 saturated heterocycles. The standard InChI is InChI=1S/C13H20O5/c1-9(2)12(15)16-7-11-8-17-13(4,18-11)6-5-10(3)14/h11H,1,5-8H2,2-4H3. The Bertz CT molecular complexity index is 349. The molecule has 5 heteroatoms. The predicted molar refractivity (Wildman–Crippen MR) is 64.9 cm³/mol. The topological polar surface area (TPSA) is 61.8 Å². The van der Waals surface area contributed by atoms with E-state index in [-0.39, 0.29) is 18.5 Å². The summed E-state index contributed by atoms with van der Waals surface area (Å²) in [6, 6.07) is 0. The van der Waals surface area contributed by atoms with Crippen LogP contribution in [0, 0.1) is 0 Å². The first-order valence-corrected chi connectivity index (χ1v) is 5.96. The van der Waals surface area contributed by atoms with Gasteiger partial charge in [-0.05, 0) is 20.8 Å². The molecule has 1 fully saturated rings. The molecule has 0 radical (unpaired) electrons. The van der Waals surface area contributed by atoms with E-state index >= 15 is 0 Å². The molecule has 0 aromatic carbocycles. The van der Waals surface area contributed by atoms with Crippen molar-refractivity contribution in [2.75, 3.05) is 13.2 Å². The number of hydrogen-bond acceptors (Lipinski definition) is 5. The fourth-order valence-corrected chi connectivity index (χ4v) is 1.60. The average Bonchev–Trinajstić information content (AvgIpc) is 2.66. The lowest BCUT2D eigenvalue weighted by atomic mass is 10.1. The molecule has 0 aliphatic carbocycles. The number of Topliss-reactive ketones (excluding diaryl/α,β-unsaturated/α-hetero) is 1. The summed E-state index contributed by atoms with van der Waals surface area (Å²) < 4.78 is 16.2. The summed E-state index contributed by atoms with van der Waals surface area (Å²) in [5.41, 5.74) is 0.355. The quantitative estimate of drug-likeness (QED) is 0.533. The molecule has 2 unspecified atom stereocenters. The Balaban J connectivity index is 2.34. The zero-order valence-corrected chi connectivity index (χ0v) is 11.2. The summed E-state index contributed by atoms with van der Waals surface area (Å²) >= 11 is 0. The van der Waals surface area contributed by atoms with Gasteiger partial charge in [-0.25, -0.2) is 4.79 Å². The molecule has 1 aliphatic heterocycles. The summed E-state index contributed by atoms with van der Waals surface area (Å²) in [4.78, 5) is 22.1. The van der Waals surface area contributed by atoms with Crippen LogP contribution in [0.5, 0.6) is 0 Å². The van der Waals surface area contributed by atoms with Gasteiger partial charge >= 0.3 is 5.97 Å². The van der Waals surface area contributed by atoms with E-state index < -0.39 is 11.8 Å². The van der Waals surface area contributed by atoms with Crippen molar-refractivity contribution >= 4 is 11.8 Å². The molecule has 18 heavy (non-hydrogen) atoms. The molecule has 5 nitrogen and oxygen atoms in total. The molecule has 102 valence electrons. The second-order valence-corrected chi connectivity index (χ2v) is 4.77. The number of carbonyl (C=O) groups excluding carboxylic acids is 2. The van der Waals surface area contributed by atoms with Gasteiger partial charge in [0.1, 0.15) is 18.5 Å². The first-order valence-electron chi connectivity index (χ1n) is 5.96. The third-order valence-electron chi connectivity index (χ3n) is 2.67. The van der Waals surface area contributed by atoms with Crippen molar-refractivity contribution in [3.05, 3.63) is 12.2 Å². The van der Waals surface area contributed by atoms with Crippen LogP contribution in [0.25, 0.3) is 0 Å². The van der Waals surface area contributed by atoms with Gasteiger partial charge in [0, 0.05) is 18.4 Å². The molecular formula is C13H20O5. The summed E-state index contributed by atoms with van der Waals surface area (Å²) in [6.07, 6.45) is 0.632. The Hall–Kier alpha value is -1.20. The average molecular weight is 256 g/mol. The minimum Gasteiger partial charge on any atom is -0.459 e. The Morgan fingerprint density at radius 2 is 2.11 bits per heavy atom. The van der Waals surface area contributed by atoms with Gasteiger partial charge < -0.3 is 19.0 Å². The SMILES string of the molecule is C=C(C)C(=O)OCC1COC(C)(CCC(C)=O)O1. The molecule has 0 bridgehead atoms. The van der Waals surface area contributed by atoms with E-state index in [9.17, 15) is 9.59 Å². The fourth-order valence-electron chi connectivity index (χ4n) is 1.60. The van der Waals surface area contributed by atoms with Gasteiger partial charge in [0.2, 0.25) is 0 Å². The van der Waals surface area contributed by atoms with E-state index in [2.05, 4.69) is 6.58 Å². The lowest BCUT2D eigenvalue weighted by molar-refractivity contribution is -0.169. The van der Waals surface area contributed by atoms with E-state index in [1.165, 1.54) is 6.92 Å². The van der Waals surface area contributed by atoms with Crippen LogP contribution in [0.15, 0.2) is 12.2 Å². The maximum atomic E-state index is 11.2. The molecule has 0 saturated carbocycles. The van der Waals surface area contributed by atoms with Crippen LogP contribution in [0.2, 0.25) is 0 Å². The smallest absolute Gasteiger partial charge is 0.333 e. The van der Waals surface area contributed by atoms with Gasteiger partial charge in [-0.3, -0.25) is 0 Å². The number of hydrogen-bond donors (Lipinski definition) is 0. The zero-order chi connectivity index (χ0) is 13.8. The fraction of sp³-hybridized carbons (Fsp3) is 0.692. The third kappa shape index (κ3) is 4.58. The van der Waals surface area contributed by atoms with Crippen molar-refractivity contribution < 1.29 is 23.8 Å². The van der Waals surface area contributed by atoms with Crippen molar-refractivity contribution in [1.29, 1.82) is 0 Å². The van der Waals surface area contributed by atoms with Crippen molar-refractivity contribution in [1.82, 2.24) is 0 Å². The van der Waals surface area contributed by atoms with Gasteiger partial charge in [-0.1, -0.05) is 6.58 Å². The van der Waals surface area contributed by atoms with Crippen molar-refractivity contribution in [2.24, 2.45) is 0 Å². The minimum atomic E-state index is -0.758. The highest BCUT2D eigenvalue weighted by Crippen LogP contribution is 2.28. The van der Waals surface area contributed by atoms with Crippen LogP contribution in [0.4, 0.5) is 0 Å². The number of ketones is 1. The molecule has 0 amide bonds. The number of esters is 1. The van der Waals surface area contributed by atoms with Crippen LogP contribution in [0.1, 0.15) is 33.6 Å². The number of rotatable bonds is 6. The van der Waals surface area contributed by atoms with Crippen molar-refractivity contribution in [2.45, 2.75) is 45.5 Å². The monoisotopic (exact) mass is 256 g/mol. The highest BCUT2D eigenvalue weighted by atomic mass is 16.7. The molecule has 1 aliphatic rings. The molecule has 0 aromatic rings. The summed E-state index contributed by atoms with van der Waals surface area (Å²) in [5.74, 6) is -1.09. The first-order chi connectivity index (χ1) is 8.32. The lowest BCUT2D eigenvalue weighted by Crippen LogP contribution is -2.29. The van der Waals surface area contributed by atoms with Gasteiger partial charge in [0.15, 0.2) is 5.79 Å². The van der Waals surface area contributed by atoms with E-state index in [0.29, 0.717) is 25.0 Å². The van der Waals surface area contributed by atoms with Crippen LogP contribution in [-0.4, -0.2) is 36.9 Å². The maximum Gasteiger partial charge on any atom is 0.333 e. The largest absolute Gasteiger partial charge is 0.459 e. The van der Waals surface area contributed by atoms with Gasteiger partial charge in [0.05, 0.1) is 6.61 Å². The molecule has 0 aromatic heterocycles. The van der Waals surface area contributed by atoms with Crippen LogP contribution < -0.4 is 0 Å². The van der Waals surface area contributed by atoms with E-state index in [4.69, 9.17) is 14.2 Å². The molecule has 1 rings (SSSR count). The summed E-state index contributed by atoms with van der Waals surface area (Å²) in [5, 5.41) is 0. The molecular weight excluding hydrogens is 236 g/mol. The predicted octanol–water partition coefficient (Wildman–Crippen LogP) is 1.61. The highest BCUT2D eigenvalue weighted by molar-refractivity contribution is 5.86. The minimum absolute atomic E-state index is 0.0978. The molecule has 0 N–H and O–H groups in total. The van der Waals surface area contributed by atoms with E-state index in [1.54, 1.807) is 13.8 Å². The zero-order valence-electron chi connectivity index (χ0n) is 11.2. The Labute approximate surface area is 107 Å².